The van der Waals surface area contributed by atoms with Crippen molar-refractivity contribution in [1.82, 2.24) is 14.7 Å². The Hall–Kier alpha value is -1.65. The van der Waals surface area contributed by atoms with Crippen molar-refractivity contribution in [2.24, 2.45) is 5.41 Å². The molecule has 1 aromatic heterocycles. The van der Waals surface area contributed by atoms with Crippen molar-refractivity contribution in [2.75, 3.05) is 6.54 Å². The Bertz CT molecular complexity index is 601. The predicted octanol–water partition coefficient (Wildman–Crippen LogP) is 3.08. The van der Waals surface area contributed by atoms with Crippen LogP contribution in [0.4, 0.5) is 0 Å². The first-order chi connectivity index (χ1) is 10.8. The van der Waals surface area contributed by atoms with Gasteiger partial charge in [-0.05, 0) is 30.7 Å². The second-order valence-electron chi connectivity index (χ2n) is 7.51. The van der Waals surface area contributed by atoms with Crippen molar-refractivity contribution in [3.63, 3.8) is 0 Å². The summed E-state index contributed by atoms with van der Waals surface area (Å²) in [6.45, 7) is 9.88. The molecule has 1 aliphatic rings. The van der Waals surface area contributed by atoms with Gasteiger partial charge in [-0.25, -0.2) is 4.68 Å². The Kier molecular flexibility index (Phi) is 5.60. The molecule has 5 nitrogen and oxygen atoms in total. The second kappa shape index (κ2) is 7.28. The van der Waals surface area contributed by atoms with Gasteiger partial charge in [-0.3, -0.25) is 9.59 Å². The molecule has 0 saturated carbocycles. The molecule has 0 spiro atoms. The lowest BCUT2D eigenvalue weighted by Crippen LogP contribution is -2.47. The van der Waals surface area contributed by atoms with E-state index >= 15 is 0 Å². The topological polar surface area (TPSA) is 55.2 Å². The molecule has 0 bridgehead atoms. The van der Waals surface area contributed by atoms with E-state index < -0.39 is 0 Å². The molecule has 0 unspecified atom stereocenters. The highest BCUT2D eigenvalue weighted by molar-refractivity contribution is 5.92. The summed E-state index contributed by atoms with van der Waals surface area (Å²) in [6, 6.07) is 3.24. The number of aromatic nitrogens is 2. The van der Waals surface area contributed by atoms with Crippen molar-refractivity contribution in [3.8, 4) is 0 Å². The monoisotopic (exact) mass is 319 g/mol. The van der Waals surface area contributed by atoms with Crippen LogP contribution in [0.25, 0.3) is 0 Å². The maximum Gasteiger partial charge on any atom is 0.274 e. The van der Waals surface area contributed by atoms with Crippen LogP contribution in [0.3, 0.4) is 0 Å². The maximum absolute atomic E-state index is 13.0. The molecule has 5 heteroatoms. The lowest BCUT2D eigenvalue weighted by atomic mass is 9.83. The average molecular weight is 319 g/mol. The number of carbonyl (C=O) groups excluding carboxylic acids is 1. The smallest absolute Gasteiger partial charge is 0.274 e. The van der Waals surface area contributed by atoms with Gasteiger partial charge in [0.25, 0.3) is 11.5 Å². The lowest BCUT2D eigenvalue weighted by molar-refractivity contribution is 0.0515. The zero-order valence-corrected chi connectivity index (χ0v) is 14.8. The summed E-state index contributed by atoms with van der Waals surface area (Å²) in [5.41, 5.74) is 0.276. The van der Waals surface area contributed by atoms with Crippen molar-refractivity contribution in [2.45, 2.75) is 72.4 Å². The number of aryl methyl sites for hydroxylation is 1. The van der Waals surface area contributed by atoms with Gasteiger partial charge in [0.15, 0.2) is 0 Å². The Balaban J connectivity index is 2.32. The van der Waals surface area contributed by atoms with Crippen LogP contribution in [0.1, 0.15) is 70.3 Å². The first kappa shape index (κ1) is 17.7. The van der Waals surface area contributed by atoms with E-state index in [2.05, 4.69) is 25.9 Å². The average Bonchev–Trinajstić information content (AvgIpc) is 2.74. The van der Waals surface area contributed by atoms with Gasteiger partial charge in [-0.1, -0.05) is 40.5 Å². The fourth-order valence-corrected chi connectivity index (χ4v) is 3.33. The molecule has 0 aliphatic carbocycles. The normalized spacial score (nSPS) is 19.5. The summed E-state index contributed by atoms with van der Waals surface area (Å²) < 4.78 is 1.40. The molecule has 23 heavy (non-hydrogen) atoms. The lowest BCUT2D eigenvalue weighted by Gasteiger charge is -2.39. The molecule has 1 amide bonds. The van der Waals surface area contributed by atoms with Crippen molar-refractivity contribution in [1.29, 1.82) is 0 Å². The van der Waals surface area contributed by atoms with Crippen LogP contribution >= 0.6 is 0 Å². The third kappa shape index (κ3) is 4.21. The largest absolute Gasteiger partial charge is 0.334 e. The first-order valence-electron chi connectivity index (χ1n) is 8.73. The van der Waals surface area contributed by atoms with Crippen LogP contribution < -0.4 is 5.56 Å². The second-order valence-corrected chi connectivity index (χ2v) is 7.51. The molecule has 1 aliphatic heterocycles. The van der Waals surface area contributed by atoms with E-state index in [1.54, 1.807) is 6.07 Å². The minimum absolute atomic E-state index is 0.0395. The highest BCUT2D eigenvalue weighted by Crippen LogP contribution is 2.31. The van der Waals surface area contributed by atoms with Crippen LogP contribution in [0.2, 0.25) is 0 Å². The van der Waals surface area contributed by atoms with Crippen molar-refractivity contribution < 1.29 is 4.79 Å². The van der Waals surface area contributed by atoms with E-state index in [1.807, 2.05) is 11.8 Å². The zero-order valence-electron chi connectivity index (χ0n) is 14.8. The number of amides is 1. The molecule has 0 N–H and O–H groups in total. The summed E-state index contributed by atoms with van der Waals surface area (Å²) >= 11 is 0. The van der Waals surface area contributed by atoms with Crippen LogP contribution in [-0.4, -0.2) is 33.2 Å². The highest BCUT2D eigenvalue weighted by atomic mass is 16.2. The third-order valence-electron chi connectivity index (χ3n) is 4.53. The summed E-state index contributed by atoms with van der Waals surface area (Å²) in [4.78, 5) is 26.8. The quantitative estimate of drug-likeness (QED) is 0.860. The van der Waals surface area contributed by atoms with E-state index in [-0.39, 0.29) is 22.9 Å². The van der Waals surface area contributed by atoms with Crippen molar-refractivity contribution in [3.05, 3.63) is 28.2 Å². The molecule has 0 aromatic carbocycles. The molecule has 1 saturated heterocycles. The molecule has 1 aromatic rings. The molecular weight excluding hydrogens is 290 g/mol. The number of rotatable bonds is 3. The van der Waals surface area contributed by atoms with Gasteiger partial charge in [0.2, 0.25) is 0 Å². The summed E-state index contributed by atoms with van der Waals surface area (Å²) in [6.07, 6.45) is 5.21. The number of hydrogen-bond donors (Lipinski definition) is 0. The SMILES string of the molecule is CCCn1nc(C(=O)N2CCCCC[C@@H]2C(C)(C)C)ccc1=O. The highest BCUT2D eigenvalue weighted by Gasteiger charge is 2.35. The molecular formula is C18H29N3O2. The number of carbonyl (C=O) groups is 1. The van der Waals surface area contributed by atoms with E-state index in [1.165, 1.54) is 17.2 Å². The maximum atomic E-state index is 13.0. The number of hydrogen-bond acceptors (Lipinski definition) is 3. The fourth-order valence-electron chi connectivity index (χ4n) is 3.33. The number of likely N-dealkylation sites (tertiary alicyclic amines) is 1. The van der Waals surface area contributed by atoms with E-state index in [0.29, 0.717) is 12.2 Å². The Morgan fingerprint density at radius 2 is 2.00 bits per heavy atom. The molecule has 1 fully saturated rings. The third-order valence-corrected chi connectivity index (χ3v) is 4.53. The van der Waals surface area contributed by atoms with Gasteiger partial charge in [0.05, 0.1) is 0 Å². The molecule has 2 heterocycles. The molecule has 128 valence electrons. The zero-order chi connectivity index (χ0) is 17.0. The number of nitrogens with zero attached hydrogens (tertiary/aromatic N) is 3. The van der Waals surface area contributed by atoms with E-state index in [0.717, 1.165) is 32.2 Å². The van der Waals surface area contributed by atoms with Crippen LogP contribution in [0, 0.1) is 5.41 Å². The van der Waals surface area contributed by atoms with Crippen LogP contribution in [0.15, 0.2) is 16.9 Å². The summed E-state index contributed by atoms with van der Waals surface area (Å²) in [7, 11) is 0. The minimum Gasteiger partial charge on any atom is -0.334 e. The van der Waals surface area contributed by atoms with Gasteiger partial charge in [0.1, 0.15) is 5.69 Å². The van der Waals surface area contributed by atoms with Gasteiger partial charge >= 0.3 is 0 Å². The Labute approximate surface area is 138 Å². The summed E-state index contributed by atoms with van der Waals surface area (Å²) in [5.74, 6) is -0.0447. The fraction of sp³-hybridized carbons (Fsp3) is 0.722. The molecule has 2 rings (SSSR count). The van der Waals surface area contributed by atoms with Crippen LogP contribution in [-0.2, 0) is 6.54 Å². The van der Waals surface area contributed by atoms with Gasteiger partial charge < -0.3 is 4.90 Å². The first-order valence-corrected chi connectivity index (χ1v) is 8.73. The standard InChI is InChI=1S/C18H29N3O2/c1-5-12-21-16(22)11-10-14(19-21)17(23)20-13-8-6-7-9-15(20)18(2,3)4/h10-11,15H,5-9,12-13H2,1-4H3/t15-/m1/s1. The van der Waals surface area contributed by atoms with E-state index in [9.17, 15) is 9.59 Å². The van der Waals surface area contributed by atoms with Gasteiger partial charge in [-0.15, -0.1) is 0 Å². The minimum atomic E-state index is -0.147. The Morgan fingerprint density at radius 3 is 2.65 bits per heavy atom. The molecule has 1 atom stereocenters. The van der Waals surface area contributed by atoms with E-state index in [4.69, 9.17) is 0 Å². The van der Waals surface area contributed by atoms with Crippen molar-refractivity contribution >= 4 is 5.91 Å². The van der Waals surface area contributed by atoms with Crippen LogP contribution in [0.5, 0.6) is 0 Å². The molecule has 0 radical (unpaired) electrons. The Morgan fingerprint density at radius 1 is 1.26 bits per heavy atom. The van der Waals surface area contributed by atoms with Gasteiger partial charge in [-0.2, -0.15) is 5.10 Å². The predicted molar refractivity (Wildman–Crippen MR) is 91.5 cm³/mol. The summed E-state index contributed by atoms with van der Waals surface area (Å²) in [5, 5.41) is 4.30. The van der Waals surface area contributed by atoms with Gasteiger partial charge in [0, 0.05) is 25.2 Å².